The van der Waals surface area contributed by atoms with Crippen LogP contribution in [0.2, 0.25) is 0 Å². The van der Waals surface area contributed by atoms with Crippen LogP contribution in [0.15, 0.2) is 22.6 Å². The van der Waals surface area contributed by atoms with Gasteiger partial charge in [-0.3, -0.25) is 4.79 Å². The lowest BCUT2D eigenvalue weighted by Gasteiger charge is -2.08. The number of benzene rings is 1. The van der Waals surface area contributed by atoms with E-state index in [0.29, 0.717) is 23.0 Å². The first kappa shape index (κ1) is 15.2. The predicted octanol–water partition coefficient (Wildman–Crippen LogP) is 1.84. The fourth-order valence-electron chi connectivity index (χ4n) is 2.73. The summed E-state index contributed by atoms with van der Waals surface area (Å²) in [5.74, 6) is -0.246. The molecule has 1 aromatic heterocycles. The van der Waals surface area contributed by atoms with Gasteiger partial charge < -0.3 is 9.73 Å². The van der Waals surface area contributed by atoms with Gasteiger partial charge in [0.05, 0.1) is 18.1 Å². The second-order valence-corrected chi connectivity index (χ2v) is 7.83. The maximum Gasteiger partial charge on any atom is 0.212 e. The molecule has 118 valence electrons. The first-order valence-corrected chi connectivity index (χ1v) is 8.83. The summed E-state index contributed by atoms with van der Waals surface area (Å²) in [4.78, 5) is 12.2. The van der Waals surface area contributed by atoms with E-state index in [1.165, 1.54) is 18.2 Å². The SMILES string of the molecule is Cc1c(C(=O)CNC2CCS(=O)(=O)C2)oc2ccc(F)cc12. The van der Waals surface area contributed by atoms with Crippen LogP contribution in [0.25, 0.3) is 11.0 Å². The molecule has 5 nitrogen and oxygen atoms in total. The molecule has 0 aliphatic carbocycles. The van der Waals surface area contributed by atoms with Crippen LogP contribution in [0.3, 0.4) is 0 Å². The lowest BCUT2D eigenvalue weighted by molar-refractivity contribution is 0.0963. The third kappa shape index (κ3) is 2.91. The molecule has 3 rings (SSSR count). The average molecular weight is 325 g/mol. The van der Waals surface area contributed by atoms with Crippen LogP contribution < -0.4 is 5.32 Å². The minimum absolute atomic E-state index is 0.00330. The molecule has 1 unspecified atom stereocenters. The van der Waals surface area contributed by atoms with Crippen molar-refractivity contribution in [2.45, 2.75) is 19.4 Å². The lowest BCUT2D eigenvalue weighted by atomic mass is 10.1. The molecule has 22 heavy (non-hydrogen) atoms. The summed E-state index contributed by atoms with van der Waals surface area (Å²) in [5.41, 5.74) is 1.06. The Morgan fingerprint density at radius 2 is 2.23 bits per heavy atom. The summed E-state index contributed by atoms with van der Waals surface area (Å²) in [5, 5.41) is 3.53. The van der Waals surface area contributed by atoms with Crippen molar-refractivity contribution in [1.82, 2.24) is 5.32 Å². The van der Waals surface area contributed by atoms with Gasteiger partial charge in [-0.05, 0) is 31.5 Å². The second-order valence-electron chi connectivity index (χ2n) is 5.60. The molecule has 1 saturated heterocycles. The highest BCUT2D eigenvalue weighted by atomic mass is 32.2. The molecule has 1 aliphatic rings. The van der Waals surface area contributed by atoms with E-state index in [1.807, 2.05) is 0 Å². The number of aryl methyl sites for hydroxylation is 1. The van der Waals surface area contributed by atoms with Gasteiger partial charge >= 0.3 is 0 Å². The Kier molecular flexibility index (Phi) is 3.78. The van der Waals surface area contributed by atoms with Crippen LogP contribution in [0, 0.1) is 12.7 Å². The van der Waals surface area contributed by atoms with E-state index in [1.54, 1.807) is 6.92 Å². The van der Waals surface area contributed by atoms with Crippen molar-refractivity contribution in [2.75, 3.05) is 18.1 Å². The fourth-order valence-corrected chi connectivity index (χ4v) is 4.44. The molecule has 1 fully saturated rings. The zero-order valence-electron chi connectivity index (χ0n) is 12.1. The van der Waals surface area contributed by atoms with Crippen LogP contribution >= 0.6 is 0 Å². The molecule has 7 heteroatoms. The smallest absolute Gasteiger partial charge is 0.212 e. The number of ketones is 1. The van der Waals surface area contributed by atoms with Crippen molar-refractivity contribution < 1.29 is 22.0 Å². The van der Waals surface area contributed by atoms with Gasteiger partial charge in [-0.25, -0.2) is 12.8 Å². The highest BCUT2D eigenvalue weighted by Crippen LogP contribution is 2.26. The van der Waals surface area contributed by atoms with E-state index < -0.39 is 9.84 Å². The Morgan fingerprint density at radius 1 is 1.45 bits per heavy atom. The number of furan rings is 1. The van der Waals surface area contributed by atoms with Gasteiger partial charge in [0, 0.05) is 17.0 Å². The van der Waals surface area contributed by atoms with Crippen LogP contribution in [0.1, 0.15) is 22.5 Å². The van der Waals surface area contributed by atoms with E-state index in [0.717, 1.165) is 0 Å². The molecule has 1 aromatic carbocycles. The van der Waals surface area contributed by atoms with Crippen LogP contribution in [0.4, 0.5) is 4.39 Å². The van der Waals surface area contributed by atoms with Gasteiger partial charge in [-0.15, -0.1) is 0 Å². The molecule has 0 spiro atoms. The van der Waals surface area contributed by atoms with Crippen molar-refractivity contribution in [1.29, 1.82) is 0 Å². The van der Waals surface area contributed by atoms with Crippen molar-refractivity contribution in [3.05, 3.63) is 35.3 Å². The van der Waals surface area contributed by atoms with Gasteiger partial charge in [0.15, 0.2) is 15.6 Å². The van der Waals surface area contributed by atoms with Crippen molar-refractivity contribution in [3.63, 3.8) is 0 Å². The molecule has 1 N–H and O–H groups in total. The number of hydrogen-bond donors (Lipinski definition) is 1. The third-order valence-corrected chi connectivity index (χ3v) is 5.70. The Labute approximate surface area is 127 Å². The lowest BCUT2D eigenvalue weighted by Crippen LogP contribution is -2.34. The number of Topliss-reactive ketones (excluding diaryl/α,β-unsaturated/α-hetero) is 1. The van der Waals surface area contributed by atoms with E-state index in [4.69, 9.17) is 4.42 Å². The number of carbonyl (C=O) groups excluding carboxylic acids is 1. The van der Waals surface area contributed by atoms with Crippen molar-refractivity contribution in [2.24, 2.45) is 0 Å². The summed E-state index contributed by atoms with van der Waals surface area (Å²) in [7, 11) is -2.98. The van der Waals surface area contributed by atoms with Gasteiger partial charge in [0.2, 0.25) is 5.78 Å². The van der Waals surface area contributed by atoms with Crippen LogP contribution in [-0.4, -0.2) is 38.3 Å². The minimum atomic E-state index is -2.98. The maximum atomic E-state index is 13.3. The monoisotopic (exact) mass is 325 g/mol. The van der Waals surface area contributed by atoms with Gasteiger partial charge in [-0.2, -0.15) is 0 Å². The van der Waals surface area contributed by atoms with Gasteiger partial charge in [0.25, 0.3) is 0 Å². The molecule has 2 heterocycles. The Hall–Kier alpha value is -1.73. The second kappa shape index (κ2) is 5.48. The molecule has 0 bridgehead atoms. The molecule has 2 aromatic rings. The van der Waals surface area contributed by atoms with Gasteiger partial charge in [0.1, 0.15) is 11.4 Å². The number of fused-ring (bicyclic) bond motifs is 1. The largest absolute Gasteiger partial charge is 0.453 e. The summed E-state index contributed by atoms with van der Waals surface area (Å²) < 4.78 is 41.5. The number of rotatable bonds is 4. The third-order valence-electron chi connectivity index (χ3n) is 3.94. The molecule has 0 saturated carbocycles. The van der Waals surface area contributed by atoms with E-state index in [9.17, 15) is 17.6 Å². The predicted molar refractivity (Wildman–Crippen MR) is 80.3 cm³/mol. The molecule has 1 aliphatic heterocycles. The highest BCUT2D eigenvalue weighted by Gasteiger charge is 2.28. The number of sulfone groups is 1. The van der Waals surface area contributed by atoms with E-state index in [2.05, 4.69) is 5.32 Å². The summed E-state index contributed by atoms with van der Waals surface area (Å²) in [6, 6.07) is 3.91. The summed E-state index contributed by atoms with van der Waals surface area (Å²) in [6.07, 6.45) is 0.514. The molecular weight excluding hydrogens is 309 g/mol. The van der Waals surface area contributed by atoms with Crippen LogP contribution in [-0.2, 0) is 9.84 Å². The van der Waals surface area contributed by atoms with E-state index in [-0.39, 0.29) is 41.5 Å². The fraction of sp³-hybridized carbons (Fsp3) is 0.400. The van der Waals surface area contributed by atoms with Crippen molar-refractivity contribution in [3.8, 4) is 0 Å². The number of hydrogen-bond acceptors (Lipinski definition) is 5. The number of carbonyl (C=O) groups is 1. The molecule has 1 atom stereocenters. The normalized spacial score (nSPS) is 20.5. The molecule has 0 radical (unpaired) electrons. The zero-order valence-corrected chi connectivity index (χ0v) is 12.9. The number of halogens is 1. The maximum absolute atomic E-state index is 13.3. The Morgan fingerprint density at radius 3 is 2.91 bits per heavy atom. The Bertz CT molecular complexity index is 841. The number of nitrogens with one attached hydrogen (secondary N) is 1. The van der Waals surface area contributed by atoms with E-state index >= 15 is 0 Å². The van der Waals surface area contributed by atoms with Gasteiger partial charge in [-0.1, -0.05) is 0 Å². The average Bonchev–Trinajstić information content (AvgIpc) is 2.97. The van der Waals surface area contributed by atoms with Crippen molar-refractivity contribution >= 4 is 26.6 Å². The standard InChI is InChI=1S/C15H16FNO4S/c1-9-12-6-10(16)2-3-14(12)21-15(9)13(18)7-17-11-4-5-22(19,20)8-11/h2-3,6,11,17H,4-5,7-8H2,1H3. The van der Waals surface area contributed by atoms with Crippen LogP contribution in [0.5, 0.6) is 0 Å². The first-order chi connectivity index (χ1) is 10.4. The summed E-state index contributed by atoms with van der Waals surface area (Å²) >= 11 is 0. The molecule has 0 amide bonds. The zero-order chi connectivity index (χ0) is 15.9. The first-order valence-electron chi connectivity index (χ1n) is 7.01. The Balaban J connectivity index is 1.74. The summed E-state index contributed by atoms with van der Waals surface area (Å²) in [6.45, 7) is 1.71. The topological polar surface area (TPSA) is 76.4 Å². The highest BCUT2D eigenvalue weighted by molar-refractivity contribution is 7.91. The quantitative estimate of drug-likeness (QED) is 0.868. The molecular formula is C15H16FNO4S. The minimum Gasteiger partial charge on any atom is -0.453 e.